The fourth-order valence-electron chi connectivity index (χ4n) is 1.24. The third-order valence-electron chi connectivity index (χ3n) is 2.44. The molecular formula is C10H18O4. The van der Waals surface area contributed by atoms with Gasteiger partial charge < -0.3 is 15.0 Å². The Labute approximate surface area is 83.9 Å². The molecule has 0 bridgehead atoms. The van der Waals surface area contributed by atoms with Crippen LogP contribution in [0.5, 0.6) is 0 Å². The maximum Gasteiger partial charge on any atom is 0.306 e. The van der Waals surface area contributed by atoms with Crippen molar-refractivity contribution < 1.29 is 19.8 Å². The van der Waals surface area contributed by atoms with Gasteiger partial charge in [0.2, 0.25) is 0 Å². The lowest BCUT2D eigenvalue weighted by atomic mass is 9.82. The average molecular weight is 202 g/mol. The molecule has 1 atom stereocenters. The van der Waals surface area contributed by atoms with Crippen LogP contribution in [0.3, 0.4) is 0 Å². The molecule has 14 heavy (non-hydrogen) atoms. The molecule has 4 heteroatoms. The second-order valence-corrected chi connectivity index (χ2v) is 4.03. The van der Waals surface area contributed by atoms with Gasteiger partial charge in [-0.2, -0.15) is 0 Å². The second-order valence-electron chi connectivity index (χ2n) is 4.03. The summed E-state index contributed by atoms with van der Waals surface area (Å²) in [7, 11) is 0. The average Bonchev–Trinajstić information content (AvgIpc) is 1.99. The molecule has 0 aromatic carbocycles. The van der Waals surface area contributed by atoms with Gasteiger partial charge in [-0.1, -0.05) is 13.8 Å². The Hall–Kier alpha value is -0.900. The summed E-state index contributed by atoms with van der Waals surface area (Å²) in [6.07, 6.45) is 0.131. The molecule has 0 amide bonds. The first kappa shape index (κ1) is 13.1. The third-order valence-corrected chi connectivity index (χ3v) is 2.44. The normalized spacial score (nSPS) is 15.2. The Morgan fingerprint density at radius 1 is 1.36 bits per heavy atom. The van der Waals surface area contributed by atoms with E-state index in [2.05, 4.69) is 0 Å². The molecule has 82 valence electrons. The number of carboxylic acid groups (broad SMARTS) is 1. The van der Waals surface area contributed by atoms with E-state index in [1.54, 1.807) is 13.8 Å². The number of aliphatic hydroxyl groups is 1. The maximum atomic E-state index is 10.7. The van der Waals surface area contributed by atoms with Gasteiger partial charge >= 0.3 is 5.97 Å². The van der Waals surface area contributed by atoms with Crippen molar-refractivity contribution >= 4 is 11.8 Å². The molecule has 0 aliphatic heterocycles. The SMILES string of the molecule is CC(=O)CCC(O)(CC(=O)O)C(C)C. The standard InChI is InChI=1S/C10H18O4/c1-7(2)10(14,6-9(12)13)5-4-8(3)11/h7,14H,4-6H2,1-3H3,(H,12,13). The molecule has 0 aliphatic rings. The summed E-state index contributed by atoms with van der Waals surface area (Å²) in [5, 5.41) is 18.6. The minimum absolute atomic E-state index is 0.0329. The monoisotopic (exact) mass is 202 g/mol. The molecule has 0 radical (unpaired) electrons. The lowest BCUT2D eigenvalue weighted by Crippen LogP contribution is -2.37. The Bertz CT molecular complexity index is 222. The van der Waals surface area contributed by atoms with Crippen LogP contribution in [-0.2, 0) is 9.59 Å². The zero-order valence-corrected chi connectivity index (χ0v) is 8.91. The van der Waals surface area contributed by atoms with Crippen molar-refractivity contribution in [2.45, 2.75) is 45.6 Å². The van der Waals surface area contributed by atoms with Gasteiger partial charge in [0.25, 0.3) is 0 Å². The number of hydrogen-bond donors (Lipinski definition) is 2. The number of carbonyl (C=O) groups excluding carboxylic acids is 1. The molecule has 0 spiro atoms. The fourth-order valence-corrected chi connectivity index (χ4v) is 1.24. The Balaban J connectivity index is 4.39. The van der Waals surface area contributed by atoms with Gasteiger partial charge in [0.15, 0.2) is 0 Å². The van der Waals surface area contributed by atoms with Crippen LogP contribution < -0.4 is 0 Å². The number of ketones is 1. The van der Waals surface area contributed by atoms with E-state index in [0.717, 1.165) is 0 Å². The zero-order chi connectivity index (χ0) is 11.4. The smallest absolute Gasteiger partial charge is 0.306 e. The first-order valence-electron chi connectivity index (χ1n) is 4.71. The van der Waals surface area contributed by atoms with E-state index < -0.39 is 11.6 Å². The van der Waals surface area contributed by atoms with E-state index >= 15 is 0 Å². The van der Waals surface area contributed by atoms with Crippen molar-refractivity contribution in [2.24, 2.45) is 5.92 Å². The van der Waals surface area contributed by atoms with Crippen LogP contribution in [0.1, 0.15) is 40.0 Å². The summed E-state index contributed by atoms with van der Waals surface area (Å²) in [6.45, 7) is 4.94. The zero-order valence-electron chi connectivity index (χ0n) is 8.91. The summed E-state index contributed by atoms with van der Waals surface area (Å²) >= 11 is 0. The molecule has 0 aliphatic carbocycles. The van der Waals surface area contributed by atoms with E-state index in [0.29, 0.717) is 0 Å². The molecule has 0 saturated carbocycles. The van der Waals surface area contributed by atoms with Gasteiger partial charge in [-0.15, -0.1) is 0 Å². The first-order chi connectivity index (χ1) is 6.28. The van der Waals surface area contributed by atoms with Crippen LogP contribution in [0.2, 0.25) is 0 Å². The summed E-state index contributed by atoms with van der Waals surface area (Å²) < 4.78 is 0. The lowest BCUT2D eigenvalue weighted by Gasteiger charge is -2.30. The Morgan fingerprint density at radius 3 is 2.14 bits per heavy atom. The molecular weight excluding hydrogens is 184 g/mol. The van der Waals surface area contributed by atoms with Crippen molar-refractivity contribution in [2.75, 3.05) is 0 Å². The largest absolute Gasteiger partial charge is 0.481 e. The molecule has 0 rings (SSSR count). The van der Waals surface area contributed by atoms with Crippen LogP contribution in [0.25, 0.3) is 0 Å². The lowest BCUT2D eigenvalue weighted by molar-refractivity contribution is -0.145. The molecule has 1 unspecified atom stereocenters. The number of carbonyl (C=O) groups is 2. The maximum absolute atomic E-state index is 10.7. The van der Waals surface area contributed by atoms with E-state index in [1.165, 1.54) is 6.92 Å². The van der Waals surface area contributed by atoms with E-state index in [-0.39, 0.29) is 31.0 Å². The van der Waals surface area contributed by atoms with Crippen LogP contribution in [-0.4, -0.2) is 27.6 Å². The number of Topliss-reactive ketones (excluding diaryl/α,β-unsaturated/α-hetero) is 1. The van der Waals surface area contributed by atoms with Gasteiger partial charge in [-0.05, 0) is 19.3 Å². The molecule has 0 saturated heterocycles. The highest BCUT2D eigenvalue weighted by Gasteiger charge is 2.33. The van der Waals surface area contributed by atoms with Crippen molar-refractivity contribution in [1.29, 1.82) is 0 Å². The Morgan fingerprint density at radius 2 is 1.86 bits per heavy atom. The van der Waals surface area contributed by atoms with E-state index in [1.807, 2.05) is 0 Å². The van der Waals surface area contributed by atoms with Crippen LogP contribution >= 0.6 is 0 Å². The topological polar surface area (TPSA) is 74.6 Å². The summed E-state index contributed by atoms with van der Waals surface area (Å²) in [4.78, 5) is 21.3. The number of carboxylic acids is 1. The van der Waals surface area contributed by atoms with Crippen molar-refractivity contribution in [3.05, 3.63) is 0 Å². The minimum Gasteiger partial charge on any atom is -0.481 e. The van der Waals surface area contributed by atoms with Crippen LogP contribution in [0.4, 0.5) is 0 Å². The highest BCUT2D eigenvalue weighted by atomic mass is 16.4. The molecule has 0 aromatic heterocycles. The highest BCUT2D eigenvalue weighted by molar-refractivity contribution is 5.75. The van der Waals surface area contributed by atoms with E-state index in [4.69, 9.17) is 5.11 Å². The quantitative estimate of drug-likeness (QED) is 0.679. The number of rotatable bonds is 6. The van der Waals surface area contributed by atoms with Gasteiger partial charge in [-0.3, -0.25) is 4.79 Å². The fraction of sp³-hybridized carbons (Fsp3) is 0.800. The van der Waals surface area contributed by atoms with Gasteiger partial charge in [-0.25, -0.2) is 0 Å². The van der Waals surface area contributed by atoms with Gasteiger partial charge in [0, 0.05) is 6.42 Å². The number of hydrogen-bond acceptors (Lipinski definition) is 3. The predicted octanol–water partition coefficient (Wildman–Crippen LogP) is 1.22. The van der Waals surface area contributed by atoms with Crippen molar-refractivity contribution in [3.63, 3.8) is 0 Å². The molecule has 2 N–H and O–H groups in total. The Kier molecular flexibility index (Phi) is 4.77. The van der Waals surface area contributed by atoms with Crippen LogP contribution in [0, 0.1) is 5.92 Å². The summed E-state index contributed by atoms with van der Waals surface area (Å²) in [5.74, 6) is -1.24. The van der Waals surface area contributed by atoms with Gasteiger partial charge in [0.05, 0.1) is 12.0 Å². The molecule has 0 aromatic rings. The highest BCUT2D eigenvalue weighted by Crippen LogP contribution is 2.26. The molecule has 4 nitrogen and oxygen atoms in total. The summed E-state index contributed by atoms with van der Waals surface area (Å²) in [5.41, 5.74) is -1.27. The van der Waals surface area contributed by atoms with Crippen molar-refractivity contribution in [3.8, 4) is 0 Å². The first-order valence-corrected chi connectivity index (χ1v) is 4.71. The molecule has 0 heterocycles. The number of aliphatic carboxylic acids is 1. The van der Waals surface area contributed by atoms with Crippen molar-refractivity contribution in [1.82, 2.24) is 0 Å². The minimum atomic E-state index is -1.27. The van der Waals surface area contributed by atoms with Gasteiger partial charge in [0.1, 0.15) is 5.78 Å². The van der Waals surface area contributed by atoms with Crippen LogP contribution in [0.15, 0.2) is 0 Å². The van der Waals surface area contributed by atoms with E-state index in [9.17, 15) is 14.7 Å². The predicted molar refractivity (Wildman–Crippen MR) is 52.0 cm³/mol. The second kappa shape index (κ2) is 5.10. The summed E-state index contributed by atoms with van der Waals surface area (Å²) in [6, 6.07) is 0. The third kappa shape index (κ3) is 4.37. The molecule has 0 fully saturated rings.